The van der Waals surface area contributed by atoms with Crippen molar-refractivity contribution in [3.63, 3.8) is 0 Å². The second-order valence-corrected chi connectivity index (χ2v) is 12.5. The molecule has 8 nitrogen and oxygen atoms in total. The van der Waals surface area contributed by atoms with Crippen LogP contribution < -0.4 is 10.6 Å². The first-order valence-electron chi connectivity index (χ1n) is 16.4. The van der Waals surface area contributed by atoms with E-state index in [1.54, 1.807) is 26.0 Å². The topological polar surface area (TPSA) is 103 Å². The number of nitrogens with one attached hydrogen (secondary N) is 2. The molecule has 0 aromatic carbocycles. The molecule has 0 aromatic rings. The molecule has 0 bridgehead atoms. The number of carbonyl (C=O) groups excluding carboxylic acids is 3. The number of amides is 2. The molecule has 1 saturated heterocycles. The van der Waals surface area contributed by atoms with Crippen molar-refractivity contribution in [1.29, 1.82) is 0 Å². The third-order valence-corrected chi connectivity index (χ3v) is 7.36. The first-order chi connectivity index (χ1) is 20.1. The second kappa shape index (κ2) is 22.4. The molecule has 2 N–H and O–H groups in total. The van der Waals surface area contributed by atoms with Crippen LogP contribution >= 0.6 is 0 Å². The van der Waals surface area contributed by atoms with Gasteiger partial charge in [-0.25, -0.2) is 0 Å². The van der Waals surface area contributed by atoms with Crippen molar-refractivity contribution in [2.24, 2.45) is 5.41 Å². The van der Waals surface area contributed by atoms with Crippen molar-refractivity contribution in [1.82, 2.24) is 10.6 Å². The van der Waals surface area contributed by atoms with Crippen LogP contribution in [-0.4, -0.2) is 56.0 Å². The smallest absolute Gasteiger partial charge is 0.307 e. The number of rotatable bonds is 23. The highest BCUT2D eigenvalue weighted by Gasteiger charge is 2.45. The second-order valence-electron chi connectivity index (χ2n) is 12.5. The van der Waals surface area contributed by atoms with Gasteiger partial charge in [-0.05, 0) is 52.0 Å². The lowest BCUT2D eigenvalue weighted by Crippen LogP contribution is -2.56. The Morgan fingerprint density at radius 3 is 2.07 bits per heavy atom. The average molecular weight is 593 g/mol. The lowest BCUT2D eigenvalue weighted by atomic mass is 9.85. The molecule has 0 spiro atoms. The number of esters is 1. The van der Waals surface area contributed by atoms with Gasteiger partial charge in [0.2, 0.25) is 11.8 Å². The lowest BCUT2D eigenvalue weighted by molar-refractivity contribution is -0.304. The van der Waals surface area contributed by atoms with Gasteiger partial charge in [0.15, 0.2) is 5.79 Å². The number of hydrogen-bond acceptors (Lipinski definition) is 6. The van der Waals surface area contributed by atoms with Crippen molar-refractivity contribution >= 4 is 17.8 Å². The van der Waals surface area contributed by atoms with Gasteiger partial charge in [-0.3, -0.25) is 14.4 Å². The minimum absolute atomic E-state index is 0.0464. The van der Waals surface area contributed by atoms with Gasteiger partial charge < -0.3 is 24.8 Å². The summed E-state index contributed by atoms with van der Waals surface area (Å²) in [7, 11) is 0. The number of unbranched alkanes of at least 4 members (excludes halogenated alkanes) is 11. The molecule has 1 fully saturated rings. The first-order valence-corrected chi connectivity index (χ1v) is 16.4. The number of allylic oxidation sites excluding steroid dienone is 2. The predicted octanol–water partition coefficient (Wildman–Crippen LogP) is 6.92. The Labute approximate surface area is 255 Å². The highest BCUT2D eigenvalue weighted by Crippen LogP contribution is 2.34. The van der Waals surface area contributed by atoms with Gasteiger partial charge in [-0.2, -0.15) is 0 Å². The Morgan fingerprint density at radius 2 is 1.40 bits per heavy atom. The molecule has 1 unspecified atom stereocenters. The fourth-order valence-corrected chi connectivity index (χ4v) is 4.68. The van der Waals surface area contributed by atoms with Crippen LogP contribution in [0.25, 0.3) is 0 Å². The fraction of sp³-hybridized carbons (Fsp3) is 0.794. The maximum Gasteiger partial charge on any atom is 0.307 e. The molecule has 42 heavy (non-hydrogen) atoms. The average Bonchev–Trinajstić information content (AvgIpc) is 2.94. The molecule has 8 heteroatoms. The molecule has 0 saturated carbocycles. The molecule has 242 valence electrons. The Bertz CT molecular complexity index is 821. The van der Waals surface area contributed by atoms with Crippen LogP contribution in [0.5, 0.6) is 0 Å². The molecular formula is C34H60N2O6. The molecule has 1 heterocycles. The summed E-state index contributed by atoms with van der Waals surface area (Å²) in [5.41, 5.74) is -0.468. The van der Waals surface area contributed by atoms with E-state index in [1.165, 1.54) is 64.2 Å². The summed E-state index contributed by atoms with van der Waals surface area (Å²) >= 11 is 0. The van der Waals surface area contributed by atoms with E-state index in [2.05, 4.69) is 29.7 Å². The molecular weight excluding hydrogens is 532 g/mol. The number of ether oxygens (including phenoxy) is 3. The summed E-state index contributed by atoms with van der Waals surface area (Å²) in [6, 6.07) is 0. The van der Waals surface area contributed by atoms with Gasteiger partial charge in [0.1, 0.15) is 12.7 Å². The molecule has 0 aliphatic carbocycles. The quantitative estimate of drug-likeness (QED) is 0.0758. The van der Waals surface area contributed by atoms with E-state index < -0.39 is 23.3 Å². The summed E-state index contributed by atoms with van der Waals surface area (Å²) in [4.78, 5) is 36.5. The zero-order chi connectivity index (χ0) is 31.1. The first kappa shape index (κ1) is 37.8. The predicted molar refractivity (Wildman–Crippen MR) is 169 cm³/mol. The van der Waals surface area contributed by atoms with E-state index in [-0.39, 0.29) is 31.4 Å². The summed E-state index contributed by atoms with van der Waals surface area (Å²) in [6.07, 6.45) is 24.2. The van der Waals surface area contributed by atoms with E-state index >= 15 is 0 Å². The molecule has 0 aromatic heterocycles. The van der Waals surface area contributed by atoms with Gasteiger partial charge in [-0.1, -0.05) is 90.4 Å². The van der Waals surface area contributed by atoms with E-state index in [9.17, 15) is 14.4 Å². The molecule has 1 aliphatic rings. The van der Waals surface area contributed by atoms with Gasteiger partial charge in [-0.15, -0.1) is 0 Å². The summed E-state index contributed by atoms with van der Waals surface area (Å²) < 4.78 is 16.6. The SMILES string of the molecule is CCCCCCCC/C=C\CCCCCCCC(=O)NC/C=C\COC(=O)CCNC(=O)C1OC(C)(C)OCC1(C)C. The normalized spacial score (nSPS) is 17.9. The van der Waals surface area contributed by atoms with Crippen LogP contribution in [-0.2, 0) is 28.6 Å². The van der Waals surface area contributed by atoms with Gasteiger partial charge in [0.25, 0.3) is 0 Å². The maximum absolute atomic E-state index is 12.6. The van der Waals surface area contributed by atoms with Gasteiger partial charge in [0.05, 0.1) is 13.0 Å². The van der Waals surface area contributed by atoms with Crippen LogP contribution in [0.3, 0.4) is 0 Å². The Morgan fingerprint density at radius 1 is 0.786 bits per heavy atom. The van der Waals surface area contributed by atoms with Crippen molar-refractivity contribution in [3.8, 4) is 0 Å². The molecule has 1 rings (SSSR count). The third-order valence-electron chi connectivity index (χ3n) is 7.36. The largest absolute Gasteiger partial charge is 0.461 e. The Kier molecular flexibility index (Phi) is 20.1. The van der Waals surface area contributed by atoms with Crippen LogP contribution in [0.4, 0.5) is 0 Å². The zero-order valence-corrected chi connectivity index (χ0v) is 27.3. The zero-order valence-electron chi connectivity index (χ0n) is 27.3. The molecule has 1 aliphatic heterocycles. The van der Waals surface area contributed by atoms with Crippen molar-refractivity contribution < 1.29 is 28.6 Å². The third kappa shape index (κ3) is 19.1. The van der Waals surface area contributed by atoms with Gasteiger partial charge >= 0.3 is 5.97 Å². The van der Waals surface area contributed by atoms with E-state index in [0.717, 1.165) is 19.3 Å². The summed E-state index contributed by atoms with van der Waals surface area (Å²) in [5.74, 6) is -1.45. The Balaban J connectivity index is 1.96. The van der Waals surface area contributed by atoms with E-state index in [0.29, 0.717) is 19.6 Å². The summed E-state index contributed by atoms with van der Waals surface area (Å²) in [6.45, 7) is 10.7. The summed E-state index contributed by atoms with van der Waals surface area (Å²) in [5, 5.41) is 5.63. The van der Waals surface area contributed by atoms with E-state index in [1.807, 2.05) is 13.8 Å². The van der Waals surface area contributed by atoms with E-state index in [4.69, 9.17) is 14.2 Å². The highest BCUT2D eigenvalue weighted by molar-refractivity contribution is 5.82. The van der Waals surface area contributed by atoms with Crippen LogP contribution in [0.15, 0.2) is 24.3 Å². The van der Waals surface area contributed by atoms with Crippen LogP contribution in [0, 0.1) is 5.41 Å². The maximum atomic E-state index is 12.6. The minimum Gasteiger partial charge on any atom is -0.461 e. The molecule has 0 radical (unpaired) electrons. The lowest BCUT2D eigenvalue weighted by Gasteiger charge is -2.44. The highest BCUT2D eigenvalue weighted by atomic mass is 16.7. The molecule has 2 amide bonds. The number of hydrogen-bond donors (Lipinski definition) is 2. The standard InChI is InChI=1S/C34H60N2O6/c1-6-7-8-9-10-11-12-13-14-15-16-17-18-19-20-23-29(37)35-25-21-22-27-40-30(38)24-26-36-32(39)31-33(2,3)28-41-34(4,5)42-31/h13-14,21-22,31H,6-12,15-20,23-28H2,1-5H3,(H,35,37)(H,36,39)/b14-13-,22-21-. The van der Waals surface area contributed by atoms with Crippen molar-refractivity contribution in [3.05, 3.63) is 24.3 Å². The van der Waals surface area contributed by atoms with Crippen LogP contribution in [0.1, 0.15) is 131 Å². The monoisotopic (exact) mass is 592 g/mol. The molecule has 1 atom stereocenters. The van der Waals surface area contributed by atoms with Crippen molar-refractivity contribution in [2.75, 3.05) is 26.3 Å². The van der Waals surface area contributed by atoms with Gasteiger partial charge in [0, 0.05) is 24.9 Å². The van der Waals surface area contributed by atoms with Crippen molar-refractivity contribution in [2.45, 2.75) is 143 Å². The Hall–Kier alpha value is -2.19. The fourth-order valence-electron chi connectivity index (χ4n) is 4.68. The number of carbonyl (C=O) groups is 3. The van der Waals surface area contributed by atoms with Crippen LogP contribution in [0.2, 0.25) is 0 Å². The minimum atomic E-state index is -0.827.